The topological polar surface area (TPSA) is 24.1 Å². The van der Waals surface area contributed by atoms with Crippen molar-refractivity contribution < 1.29 is 0 Å². The quantitative estimate of drug-likeness (QED) is 0.610. The van der Waals surface area contributed by atoms with E-state index in [9.17, 15) is 0 Å². The first kappa shape index (κ1) is 8.52. The Morgan fingerprint density at radius 2 is 1.83 bits per heavy atom. The Morgan fingerprint density at radius 1 is 1.08 bits per heavy atom. The zero-order valence-corrected chi connectivity index (χ0v) is 7.97. The van der Waals surface area contributed by atoms with Gasteiger partial charge in [0, 0.05) is 6.04 Å². The maximum absolute atomic E-state index is 3.55. The molecule has 0 aromatic rings. The van der Waals surface area contributed by atoms with Crippen LogP contribution in [0.25, 0.3) is 0 Å². The second kappa shape index (κ2) is 3.75. The largest absolute Gasteiger partial charge is 0.317 e. The lowest BCUT2D eigenvalue weighted by Gasteiger charge is -2.27. The van der Waals surface area contributed by atoms with Crippen molar-refractivity contribution in [3.63, 3.8) is 0 Å². The predicted octanol–water partition coefficient (Wildman–Crippen LogP) is 0.984. The van der Waals surface area contributed by atoms with E-state index >= 15 is 0 Å². The molecule has 0 aromatic heterocycles. The predicted molar refractivity (Wildman–Crippen MR) is 51.2 cm³/mol. The molecule has 0 aromatic carbocycles. The standard InChI is InChI=1S/C10H20N2/c1-8-6-10(7-12-8)9-2-4-11-5-3-9/h8-12H,2-7H2,1H3. The van der Waals surface area contributed by atoms with Crippen LogP contribution in [0.5, 0.6) is 0 Å². The van der Waals surface area contributed by atoms with E-state index in [1.165, 1.54) is 38.9 Å². The summed E-state index contributed by atoms with van der Waals surface area (Å²) < 4.78 is 0. The second-order valence-electron chi connectivity index (χ2n) is 4.39. The fraction of sp³-hybridized carbons (Fsp3) is 1.00. The van der Waals surface area contributed by atoms with Crippen molar-refractivity contribution in [1.82, 2.24) is 10.6 Å². The fourth-order valence-electron chi connectivity index (χ4n) is 2.65. The van der Waals surface area contributed by atoms with Crippen LogP contribution in [0.15, 0.2) is 0 Å². The molecule has 2 saturated heterocycles. The average molecular weight is 168 g/mol. The van der Waals surface area contributed by atoms with Gasteiger partial charge in [0.05, 0.1) is 0 Å². The molecule has 0 aliphatic carbocycles. The summed E-state index contributed by atoms with van der Waals surface area (Å²) >= 11 is 0. The van der Waals surface area contributed by atoms with Crippen LogP contribution in [0.1, 0.15) is 26.2 Å². The van der Waals surface area contributed by atoms with Gasteiger partial charge in [-0.25, -0.2) is 0 Å². The summed E-state index contributed by atoms with van der Waals surface area (Å²) in [6.45, 7) is 6.07. The summed E-state index contributed by atoms with van der Waals surface area (Å²) in [5.74, 6) is 1.98. The molecule has 2 unspecified atom stereocenters. The van der Waals surface area contributed by atoms with Gasteiger partial charge in [-0.1, -0.05) is 0 Å². The average Bonchev–Trinajstić information content (AvgIpc) is 2.54. The van der Waals surface area contributed by atoms with Gasteiger partial charge in [-0.05, 0) is 57.7 Å². The molecule has 70 valence electrons. The van der Waals surface area contributed by atoms with Gasteiger partial charge in [-0.3, -0.25) is 0 Å². The van der Waals surface area contributed by atoms with E-state index in [1.54, 1.807) is 0 Å². The molecule has 2 fully saturated rings. The van der Waals surface area contributed by atoms with Gasteiger partial charge in [-0.2, -0.15) is 0 Å². The highest BCUT2D eigenvalue weighted by Crippen LogP contribution is 2.28. The number of piperidine rings is 1. The van der Waals surface area contributed by atoms with Crippen molar-refractivity contribution in [2.75, 3.05) is 19.6 Å². The highest BCUT2D eigenvalue weighted by molar-refractivity contribution is 4.85. The van der Waals surface area contributed by atoms with E-state index in [0.717, 1.165) is 17.9 Å². The molecular formula is C10H20N2. The van der Waals surface area contributed by atoms with Crippen molar-refractivity contribution in [2.24, 2.45) is 11.8 Å². The summed E-state index contributed by atoms with van der Waals surface area (Å²) in [6, 6.07) is 0.768. The monoisotopic (exact) mass is 168 g/mol. The number of hydrogen-bond donors (Lipinski definition) is 2. The van der Waals surface area contributed by atoms with Gasteiger partial charge in [0.25, 0.3) is 0 Å². The van der Waals surface area contributed by atoms with Gasteiger partial charge < -0.3 is 10.6 Å². The molecule has 2 atom stereocenters. The van der Waals surface area contributed by atoms with Gasteiger partial charge in [0.2, 0.25) is 0 Å². The van der Waals surface area contributed by atoms with Crippen molar-refractivity contribution in [1.29, 1.82) is 0 Å². The van der Waals surface area contributed by atoms with Crippen LogP contribution in [-0.4, -0.2) is 25.7 Å². The summed E-state index contributed by atoms with van der Waals surface area (Å²) in [6.07, 6.45) is 4.21. The second-order valence-corrected chi connectivity index (χ2v) is 4.39. The van der Waals surface area contributed by atoms with Crippen LogP contribution < -0.4 is 10.6 Å². The molecule has 2 heteroatoms. The molecule has 2 heterocycles. The third-order valence-corrected chi connectivity index (χ3v) is 3.44. The Hall–Kier alpha value is -0.0800. The lowest BCUT2D eigenvalue weighted by molar-refractivity contribution is 0.272. The first-order chi connectivity index (χ1) is 5.86. The maximum Gasteiger partial charge on any atom is 0.00420 e. The lowest BCUT2D eigenvalue weighted by Crippen LogP contribution is -2.32. The first-order valence-electron chi connectivity index (χ1n) is 5.30. The number of nitrogens with one attached hydrogen (secondary N) is 2. The van der Waals surface area contributed by atoms with Gasteiger partial charge in [0.15, 0.2) is 0 Å². The van der Waals surface area contributed by atoms with Crippen molar-refractivity contribution in [2.45, 2.75) is 32.2 Å². The Labute approximate surface area is 75.1 Å². The molecular weight excluding hydrogens is 148 g/mol. The number of rotatable bonds is 1. The van der Waals surface area contributed by atoms with Gasteiger partial charge >= 0.3 is 0 Å². The summed E-state index contributed by atoms with van der Waals surface area (Å²) in [4.78, 5) is 0. The zero-order valence-electron chi connectivity index (χ0n) is 7.97. The summed E-state index contributed by atoms with van der Waals surface area (Å²) in [5.41, 5.74) is 0. The Balaban J connectivity index is 1.83. The van der Waals surface area contributed by atoms with E-state index in [4.69, 9.17) is 0 Å². The van der Waals surface area contributed by atoms with Gasteiger partial charge in [0.1, 0.15) is 0 Å². The van der Waals surface area contributed by atoms with E-state index < -0.39 is 0 Å². The minimum absolute atomic E-state index is 0.768. The van der Waals surface area contributed by atoms with E-state index in [1.807, 2.05) is 0 Å². The SMILES string of the molecule is CC1CC(C2CCNCC2)CN1. The van der Waals surface area contributed by atoms with Crippen LogP contribution in [0, 0.1) is 11.8 Å². The highest BCUT2D eigenvalue weighted by Gasteiger charge is 2.28. The molecule has 12 heavy (non-hydrogen) atoms. The molecule has 0 bridgehead atoms. The Kier molecular flexibility index (Phi) is 2.66. The van der Waals surface area contributed by atoms with E-state index in [-0.39, 0.29) is 0 Å². The number of hydrogen-bond acceptors (Lipinski definition) is 2. The van der Waals surface area contributed by atoms with Crippen molar-refractivity contribution in [3.8, 4) is 0 Å². The van der Waals surface area contributed by atoms with E-state index in [2.05, 4.69) is 17.6 Å². The Bertz CT molecular complexity index is 138. The summed E-state index contributed by atoms with van der Waals surface area (Å²) in [7, 11) is 0. The molecule has 2 N–H and O–H groups in total. The Morgan fingerprint density at radius 3 is 2.42 bits per heavy atom. The first-order valence-corrected chi connectivity index (χ1v) is 5.30. The molecule has 0 saturated carbocycles. The van der Waals surface area contributed by atoms with Crippen LogP contribution >= 0.6 is 0 Å². The van der Waals surface area contributed by atoms with Crippen LogP contribution in [-0.2, 0) is 0 Å². The fourth-order valence-corrected chi connectivity index (χ4v) is 2.65. The minimum atomic E-state index is 0.768. The van der Waals surface area contributed by atoms with Crippen molar-refractivity contribution in [3.05, 3.63) is 0 Å². The lowest BCUT2D eigenvalue weighted by atomic mass is 9.83. The maximum atomic E-state index is 3.55. The van der Waals surface area contributed by atoms with Crippen LogP contribution in [0.2, 0.25) is 0 Å². The molecule has 0 amide bonds. The highest BCUT2D eigenvalue weighted by atomic mass is 14.9. The molecule has 2 aliphatic heterocycles. The normalized spacial score (nSPS) is 38.8. The van der Waals surface area contributed by atoms with E-state index in [0.29, 0.717) is 0 Å². The molecule has 2 rings (SSSR count). The smallest absolute Gasteiger partial charge is 0.00420 e. The van der Waals surface area contributed by atoms with Crippen LogP contribution in [0.4, 0.5) is 0 Å². The third kappa shape index (κ3) is 1.80. The van der Waals surface area contributed by atoms with Crippen LogP contribution in [0.3, 0.4) is 0 Å². The van der Waals surface area contributed by atoms with Crippen molar-refractivity contribution >= 4 is 0 Å². The molecule has 2 aliphatic rings. The third-order valence-electron chi connectivity index (χ3n) is 3.44. The molecule has 0 spiro atoms. The van der Waals surface area contributed by atoms with Gasteiger partial charge in [-0.15, -0.1) is 0 Å². The zero-order chi connectivity index (χ0) is 8.39. The molecule has 0 radical (unpaired) electrons. The molecule has 2 nitrogen and oxygen atoms in total. The minimum Gasteiger partial charge on any atom is -0.317 e. The summed E-state index contributed by atoms with van der Waals surface area (Å²) in [5, 5.41) is 6.98.